The van der Waals surface area contributed by atoms with Crippen LogP contribution >= 0.6 is 0 Å². The molecular weight excluding hydrogens is 242 g/mol. The van der Waals surface area contributed by atoms with E-state index in [1.165, 1.54) is 0 Å². The second-order valence-electron chi connectivity index (χ2n) is 5.16. The van der Waals surface area contributed by atoms with Gasteiger partial charge in [0.05, 0.1) is 0 Å². The summed E-state index contributed by atoms with van der Waals surface area (Å²) in [7, 11) is 2.05. The molecule has 0 saturated carbocycles. The molecule has 1 aliphatic heterocycles. The summed E-state index contributed by atoms with van der Waals surface area (Å²) in [4.78, 5) is 13.6. The van der Waals surface area contributed by atoms with Crippen molar-refractivity contribution in [2.75, 3.05) is 20.3 Å². The van der Waals surface area contributed by atoms with Crippen LogP contribution in [0.2, 0.25) is 0 Å². The Morgan fingerprint density at radius 2 is 2.11 bits per heavy atom. The van der Waals surface area contributed by atoms with E-state index >= 15 is 0 Å². The molecule has 4 heteroatoms. The number of phenols is 1. The zero-order valence-electron chi connectivity index (χ0n) is 11.6. The minimum atomic E-state index is 0.0231. The lowest BCUT2D eigenvalue weighted by Crippen LogP contribution is -2.36. The molecule has 2 rings (SSSR count). The van der Waals surface area contributed by atoms with Crippen molar-refractivity contribution in [3.8, 4) is 5.75 Å². The number of carbonyl (C=O) groups excluding carboxylic acids is 1. The lowest BCUT2D eigenvalue weighted by molar-refractivity contribution is 0.0405. The highest BCUT2D eigenvalue weighted by molar-refractivity contribution is 5.94. The van der Waals surface area contributed by atoms with Crippen molar-refractivity contribution in [2.45, 2.75) is 32.4 Å². The maximum absolute atomic E-state index is 11.4. The highest BCUT2D eigenvalue weighted by Crippen LogP contribution is 2.23. The van der Waals surface area contributed by atoms with E-state index in [1.807, 2.05) is 0 Å². The average molecular weight is 263 g/mol. The molecule has 1 heterocycles. The Labute approximate surface area is 114 Å². The van der Waals surface area contributed by atoms with E-state index in [2.05, 4.69) is 11.9 Å². The van der Waals surface area contributed by atoms with E-state index in [4.69, 9.17) is 4.74 Å². The number of benzene rings is 1. The summed E-state index contributed by atoms with van der Waals surface area (Å²) >= 11 is 0. The monoisotopic (exact) mass is 263 g/mol. The van der Waals surface area contributed by atoms with Gasteiger partial charge in [-0.05, 0) is 45.0 Å². The standard InChI is InChI=1S/C15H21NO3/c1-11(17)12-3-4-15(18)13(9-12)10-16(2)14-5-7-19-8-6-14/h3-4,9,14,18H,5-8,10H2,1-2H3. The van der Waals surface area contributed by atoms with Crippen LogP contribution in [0.5, 0.6) is 5.75 Å². The van der Waals surface area contributed by atoms with Gasteiger partial charge in [-0.2, -0.15) is 0 Å². The van der Waals surface area contributed by atoms with Gasteiger partial charge in [-0.1, -0.05) is 0 Å². The summed E-state index contributed by atoms with van der Waals surface area (Å²) in [5, 5.41) is 9.90. The number of nitrogens with zero attached hydrogens (tertiary/aromatic N) is 1. The fourth-order valence-corrected chi connectivity index (χ4v) is 2.45. The third-order valence-electron chi connectivity index (χ3n) is 3.72. The third kappa shape index (κ3) is 3.55. The number of hydrogen-bond donors (Lipinski definition) is 1. The van der Waals surface area contributed by atoms with Crippen LogP contribution in [0.25, 0.3) is 0 Å². The average Bonchev–Trinajstić information content (AvgIpc) is 2.42. The molecule has 0 aromatic heterocycles. The number of aromatic hydroxyl groups is 1. The van der Waals surface area contributed by atoms with Crippen molar-refractivity contribution in [1.29, 1.82) is 0 Å². The Bertz CT molecular complexity index is 453. The Morgan fingerprint density at radius 3 is 2.74 bits per heavy atom. The highest BCUT2D eigenvalue weighted by Gasteiger charge is 2.19. The van der Waals surface area contributed by atoms with E-state index in [0.29, 0.717) is 18.2 Å². The molecule has 19 heavy (non-hydrogen) atoms. The molecule has 0 radical (unpaired) electrons. The predicted octanol–water partition coefficient (Wildman–Crippen LogP) is 2.21. The molecule has 1 fully saturated rings. The minimum Gasteiger partial charge on any atom is -0.508 e. The second kappa shape index (κ2) is 6.17. The molecule has 0 bridgehead atoms. The van der Waals surface area contributed by atoms with Crippen molar-refractivity contribution in [2.24, 2.45) is 0 Å². The van der Waals surface area contributed by atoms with Crippen LogP contribution in [0.4, 0.5) is 0 Å². The Hall–Kier alpha value is -1.39. The van der Waals surface area contributed by atoms with E-state index in [9.17, 15) is 9.90 Å². The summed E-state index contributed by atoms with van der Waals surface area (Å²) in [6.45, 7) is 3.79. The number of carbonyl (C=O) groups is 1. The molecule has 0 spiro atoms. The van der Waals surface area contributed by atoms with Crippen molar-refractivity contribution in [1.82, 2.24) is 4.90 Å². The van der Waals surface area contributed by atoms with Crippen LogP contribution in [0.15, 0.2) is 18.2 Å². The van der Waals surface area contributed by atoms with E-state index < -0.39 is 0 Å². The van der Waals surface area contributed by atoms with E-state index in [0.717, 1.165) is 31.6 Å². The number of hydrogen-bond acceptors (Lipinski definition) is 4. The maximum Gasteiger partial charge on any atom is 0.159 e. The van der Waals surface area contributed by atoms with Crippen LogP contribution < -0.4 is 0 Å². The van der Waals surface area contributed by atoms with Crippen molar-refractivity contribution in [3.63, 3.8) is 0 Å². The van der Waals surface area contributed by atoms with Gasteiger partial charge in [-0.25, -0.2) is 0 Å². The fraction of sp³-hybridized carbons (Fsp3) is 0.533. The summed E-state index contributed by atoms with van der Waals surface area (Å²) in [5.41, 5.74) is 1.45. The smallest absolute Gasteiger partial charge is 0.159 e. The summed E-state index contributed by atoms with van der Waals surface area (Å²) in [6.07, 6.45) is 2.04. The van der Waals surface area contributed by atoms with Crippen LogP contribution in [-0.2, 0) is 11.3 Å². The lowest BCUT2D eigenvalue weighted by atomic mass is 10.0. The zero-order valence-corrected chi connectivity index (χ0v) is 11.6. The van der Waals surface area contributed by atoms with Crippen LogP contribution in [-0.4, -0.2) is 42.1 Å². The number of ketones is 1. The lowest BCUT2D eigenvalue weighted by Gasteiger charge is -2.31. The summed E-state index contributed by atoms with van der Waals surface area (Å²) in [5.74, 6) is 0.277. The molecule has 1 saturated heterocycles. The quantitative estimate of drug-likeness (QED) is 0.846. The Balaban J connectivity index is 2.08. The molecule has 1 aromatic rings. The topological polar surface area (TPSA) is 49.8 Å². The molecule has 1 aromatic carbocycles. The van der Waals surface area contributed by atoms with Gasteiger partial charge in [0.25, 0.3) is 0 Å². The van der Waals surface area contributed by atoms with E-state index in [1.54, 1.807) is 25.1 Å². The first kappa shape index (κ1) is 14.0. The summed E-state index contributed by atoms with van der Waals surface area (Å²) < 4.78 is 5.35. The van der Waals surface area contributed by atoms with Crippen molar-refractivity contribution in [3.05, 3.63) is 29.3 Å². The fourth-order valence-electron chi connectivity index (χ4n) is 2.45. The molecule has 4 nitrogen and oxygen atoms in total. The number of phenolic OH excluding ortho intramolecular Hbond substituents is 1. The SMILES string of the molecule is CC(=O)c1ccc(O)c(CN(C)C2CCOCC2)c1. The number of Topliss-reactive ketones (excluding diaryl/α,β-unsaturated/α-hetero) is 1. The molecule has 104 valence electrons. The molecule has 0 atom stereocenters. The van der Waals surface area contributed by atoms with Gasteiger partial charge in [0.2, 0.25) is 0 Å². The Morgan fingerprint density at radius 1 is 1.42 bits per heavy atom. The third-order valence-corrected chi connectivity index (χ3v) is 3.72. The zero-order chi connectivity index (χ0) is 13.8. The molecule has 1 N–H and O–H groups in total. The first-order valence-corrected chi connectivity index (χ1v) is 6.68. The maximum atomic E-state index is 11.4. The van der Waals surface area contributed by atoms with Crippen molar-refractivity contribution < 1.29 is 14.6 Å². The van der Waals surface area contributed by atoms with Gasteiger partial charge in [-0.3, -0.25) is 9.69 Å². The van der Waals surface area contributed by atoms with Crippen LogP contribution in [0, 0.1) is 0 Å². The number of ether oxygens (including phenoxy) is 1. The molecular formula is C15H21NO3. The van der Waals surface area contributed by atoms with Gasteiger partial charge in [-0.15, -0.1) is 0 Å². The van der Waals surface area contributed by atoms with Gasteiger partial charge in [0, 0.05) is 36.9 Å². The molecule has 0 aliphatic carbocycles. The summed E-state index contributed by atoms with van der Waals surface area (Å²) in [6, 6.07) is 5.53. The minimum absolute atomic E-state index is 0.0231. The largest absolute Gasteiger partial charge is 0.508 e. The van der Waals surface area contributed by atoms with Crippen LogP contribution in [0.3, 0.4) is 0 Å². The molecule has 0 amide bonds. The Kier molecular flexibility index (Phi) is 4.56. The molecule has 1 aliphatic rings. The first-order chi connectivity index (χ1) is 9.08. The van der Waals surface area contributed by atoms with Gasteiger partial charge >= 0.3 is 0 Å². The first-order valence-electron chi connectivity index (χ1n) is 6.68. The van der Waals surface area contributed by atoms with Gasteiger partial charge in [0.1, 0.15) is 5.75 Å². The highest BCUT2D eigenvalue weighted by atomic mass is 16.5. The van der Waals surface area contributed by atoms with Crippen molar-refractivity contribution >= 4 is 5.78 Å². The van der Waals surface area contributed by atoms with Gasteiger partial charge < -0.3 is 9.84 Å². The second-order valence-corrected chi connectivity index (χ2v) is 5.16. The normalized spacial score (nSPS) is 16.8. The van der Waals surface area contributed by atoms with E-state index in [-0.39, 0.29) is 11.5 Å². The number of rotatable bonds is 4. The van der Waals surface area contributed by atoms with Crippen LogP contribution in [0.1, 0.15) is 35.7 Å². The molecule has 0 unspecified atom stereocenters. The predicted molar refractivity (Wildman–Crippen MR) is 73.4 cm³/mol. The van der Waals surface area contributed by atoms with Gasteiger partial charge in [0.15, 0.2) is 5.78 Å².